The molecule has 0 saturated carbocycles. The first-order valence-corrected chi connectivity index (χ1v) is 7.79. The lowest BCUT2D eigenvalue weighted by atomic mass is 10.2. The molecule has 3 N–H and O–H groups in total. The minimum atomic E-state index is 0.623. The van der Waals surface area contributed by atoms with E-state index in [-0.39, 0.29) is 0 Å². The number of hydrogen-bond donors (Lipinski definition) is 2. The molecule has 0 aromatic heterocycles. The van der Waals surface area contributed by atoms with Crippen LogP contribution in [-0.4, -0.2) is 42.6 Å². The summed E-state index contributed by atoms with van der Waals surface area (Å²) in [5.41, 5.74) is 8.64. The number of nitrogens with two attached hydrogens (primary N) is 1. The summed E-state index contributed by atoms with van der Waals surface area (Å²) in [5.74, 6) is 2.51. The SMILES string of the molecule is Cc1cc(N)c(Cl)cc1NCCN1CCSCC1. The number of nitrogen functional groups attached to an aromatic ring is 1. The second-order valence-corrected chi connectivity index (χ2v) is 6.20. The van der Waals surface area contributed by atoms with E-state index in [1.165, 1.54) is 24.6 Å². The number of nitrogens with zero attached hydrogens (tertiary/aromatic N) is 1. The Morgan fingerprint density at radius 3 is 2.83 bits per heavy atom. The van der Waals surface area contributed by atoms with E-state index in [0.717, 1.165) is 24.3 Å². The number of thioether (sulfide) groups is 1. The predicted molar refractivity (Wildman–Crippen MR) is 82.9 cm³/mol. The quantitative estimate of drug-likeness (QED) is 0.835. The molecule has 0 spiro atoms. The largest absolute Gasteiger partial charge is 0.398 e. The topological polar surface area (TPSA) is 41.3 Å². The average Bonchev–Trinajstić information content (AvgIpc) is 2.37. The number of hydrogen-bond acceptors (Lipinski definition) is 4. The van der Waals surface area contributed by atoms with Crippen molar-refractivity contribution in [1.82, 2.24) is 4.90 Å². The number of halogens is 1. The Labute approximate surface area is 118 Å². The molecule has 5 heteroatoms. The summed E-state index contributed by atoms with van der Waals surface area (Å²) in [5, 5.41) is 4.06. The molecule has 1 aliphatic heterocycles. The minimum absolute atomic E-state index is 0.623. The van der Waals surface area contributed by atoms with E-state index in [9.17, 15) is 0 Å². The molecule has 2 rings (SSSR count). The molecule has 0 bridgehead atoms. The van der Waals surface area contributed by atoms with Gasteiger partial charge in [0.25, 0.3) is 0 Å². The van der Waals surface area contributed by atoms with Crippen LogP contribution in [-0.2, 0) is 0 Å². The van der Waals surface area contributed by atoms with Crippen LogP contribution in [0.5, 0.6) is 0 Å². The minimum Gasteiger partial charge on any atom is -0.398 e. The summed E-state index contributed by atoms with van der Waals surface area (Å²) in [6, 6.07) is 3.83. The Balaban J connectivity index is 1.84. The lowest BCUT2D eigenvalue weighted by Gasteiger charge is -2.26. The highest BCUT2D eigenvalue weighted by Gasteiger charge is 2.09. The van der Waals surface area contributed by atoms with Crippen LogP contribution in [0.15, 0.2) is 12.1 Å². The third-order valence-corrected chi connectivity index (χ3v) is 4.46. The van der Waals surface area contributed by atoms with Crippen molar-refractivity contribution in [1.29, 1.82) is 0 Å². The van der Waals surface area contributed by atoms with Gasteiger partial charge < -0.3 is 11.1 Å². The molecule has 3 nitrogen and oxygen atoms in total. The zero-order chi connectivity index (χ0) is 13.0. The van der Waals surface area contributed by atoms with Gasteiger partial charge in [-0.3, -0.25) is 4.90 Å². The summed E-state index contributed by atoms with van der Waals surface area (Å²) in [7, 11) is 0. The van der Waals surface area contributed by atoms with Crippen molar-refractivity contribution in [3.63, 3.8) is 0 Å². The van der Waals surface area contributed by atoms with Crippen molar-refractivity contribution < 1.29 is 0 Å². The molecule has 18 heavy (non-hydrogen) atoms. The van der Waals surface area contributed by atoms with Crippen molar-refractivity contribution in [2.24, 2.45) is 0 Å². The van der Waals surface area contributed by atoms with Gasteiger partial charge in [-0.15, -0.1) is 0 Å². The highest BCUT2D eigenvalue weighted by Crippen LogP contribution is 2.26. The Morgan fingerprint density at radius 2 is 2.11 bits per heavy atom. The molecule has 0 aliphatic carbocycles. The molecule has 1 aliphatic rings. The molecule has 1 aromatic rings. The zero-order valence-electron chi connectivity index (χ0n) is 10.7. The van der Waals surface area contributed by atoms with Gasteiger partial charge in [0.15, 0.2) is 0 Å². The zero-order valence-corrected chi connectivity index (χ0v) is 12.3. The van der Waals surface area contributed by atoms with E-state index in [1.54, 1.807) is 0 Å². The first kappa shape index (κ1) is 13.8. The van der Waals surface area contributed by atoms with Crippen LogP contribution in [0.2, 0.25) is 5.02 Å². The number of aryl methyl sites for hydroxylation is 1. The van der Waals surface area contributed by atoms with Crippen LogP contribution >= 0.6 is 23.4 Å². The average molecular weight is 286 g/mol. The molecular formula is C13H20ClN3S. The first-order valence-electron chi connectivity index (χ1n) is 6.26. The van der Waals surface area contributed by atoms with Crippen LogP contribution < -0.4 is 11.1 Å². The Morgan fingerprint density at radius 1 is 1.39 bits per heavy atom. The second-order valence-electron chi connectivity index (χ2n) is 4.57. The summed E-state index contributed by atoms with van der Waals surface area (Å²) in [6.07, 6.45) is 0. The normalized spacial score (nSPS) is 16.8. The van der Waals surface area contributed by atoms with E-state index >= 15 is 0 Å². The number of benzene rings is 1. The molecule has 1 fully saturated rings. The smallest absolute Gasteiger partial charge is 0.0656 e. The van der Waals surface area contributed by atoms with Gasteiger partial charge in [-0.25, -0.2) is 0 Å². The number of anilines is 2. The molecule has 1 heterocycles. The van der Waals surface area contributed by atoms with Crippen molar-refractivity contribution in [2.75, 3.05) is 48.7 Å². The third kappa shape index (κ3) is 3.70. The van der Waals surface area contributed by atoms with Gasteiger partial charge in [-0.2, -0.15) is 11.8 Å². The standard InChI is InChI=1S/C13H20ClN3S/c1-10-8-12(15)11(14)9-13(10)16-2-3-17-4-6-18-7-5-17/h8-9,16H,2-7,15H2,1H3. The van der Waals surface area contributed by atoms with Crippen LogP contribution in [0.25, 0.3) is 0 Å². The van der Waals surface area contributed by atoms with Gasteiger partial charge in [-0.1, -0.05) is 11.6 Å². The fraction of sp³-hybridized carbons (Fsp3) is 0.538. The third-order valence-electron chi connectivity index (χ3n) is 3.19. The summed E-state index contributed by atoms with van der Waals surface area (Å²) >= 11 is 8.08. The molecule has 0 unspecified atom stereocenters. The molecular weight excluding hydrogens is 266 g/mol. The maximum absolute atomic E-state index is 6.04. The van der Waals surface area contributed by atoms with Gasteiger partial charge in [0.05, 0.1) is 10.7 Å². The summed E-state index contributed by atoms with van der Waals surface area (Å²) in [4.78, 5) is 2.50. The van der Waals surface area contributed by atoms with E-state index in [4.69, 9.17) is 17.3 Å². The van der Waals surface area contributed by atoms with Crippen LogP contribution in [0.1, 0.15) is 5.56 Å². The molecule has 0 amide bonds. The van der Waals surface area contributed by atoms with E-state index < -0.39 is 0 Å². The fourth-order valence-electron chi connectivity index (χ4n) is 2.07. The lowest BCUT2D eigenvalue weighted by Crippen LogP contribution is -2.36. The van der Waals surface area contributed by atoms with Crippen molar-refractivity contribution in [3.05, 3.63) is 22.7 Å². The molecule has 100 valence electrons. The van der Waals surface area contributed by atoms with Crippen molar-refractivity contribution >= 4 is 34.7 Å². The summed E-state index contributed by atoms with van der Waals surface area (Å²) < 4.78 is 0. The maximum atomic E-state index is 6.04. The van der Waals surface area contributed by atoms with Gasteiger partial charge in [0.1, 0.15) is 0 Å². The van der Waals surface area contributed by atoms with Crippen LogP contribution in [0.3, 0.4) is 0 Å². The highest BCUT2D eigenvalue weighted by atomic mass is 35.5. The van der Waals surface area contributed by atoms with Gasteiger partial charge in [0.2, 0.25) is 0 Å². The second kappa shape index (κ2) is 6.55. The van der Waals surface area contributed by atoms with Gasteiger partial charge in [0, 0.05) is 43.4 Å². The van der Waals surface area contributed by atoms with Crippen LogP contribution in [0, 0.1) is 6.92 Å². The Bertz CT molecular complexity index is 405. The van der Waals surface area contributed by atoms with E-state index in [1.807, 2.05) is 30.8 Å². The first-order chi connectivity index (χ1) is 8.66. The maximum Gasteiger partial charge on any atom is 0.0656 e. The Hall–Kier alpha value is -0.580. The fourth-order valence-corrected chi connectivity index (χ4v) is 3.21. The highest BCUT2D eigenvalue weighted by molar-refractivity contribution is 7.99. The number of nitrogens with one attached hydrogen (secondary N) is 1. The van der Waals surface area contributed by atoms with Gasteiger partial charge in [-0.05, 0) is 24.6 Å². The van der Waals surface area contributed by atoms with Crippen LogP contribution in [0.4, 0.5) is 11.4 Å². The molecule has 0 atom stereocenters. The summed E-state index contributed by atoms with van der Waals surface area (Å²) in [6.45, 7) is 6.49. The lowest BCUT2D eigenvalue weighted by molar-refractivity contribution is 0.314. The molecule has 1 aromatic carbocycles. The molecule has 1 saturated heterocycles. The van der Waals surface area contributed by atoms with Gasteiger partial charge >= 0.3 is 0 Å². The monoisotopic (exact) mass is 285 g/mol. The predicted octanol–water partition coefficient (Wildman–Crippen LogP) is 2.69. The van der Waals surface area contributed by atoms with E-state index in [0.29, 0.717) is 10.7 Å². The Kier molecular flexibility index (Phi) is 5.03. The molecule has 0 radical (unpaired) electrons. The number of rotatable bonds is 4. The van der Waals surface area contributed by atoms with E-state index in [2.05, 4.69) is 10.2 Å². The van der Waals surface area contributed by atoms with Crippen molar-refractivity contribution in [2.45, 2.75) is 6.92 Å². The van der Waals surface area contributed by atoms with Crippen molar-refractivity contribution in [3.8, 4) is 0 Å².